The Kier molecular flexibility index (Phi) is 8.97. The summed E-state index contributed by atoms with van der Waals surface area (Å²) in [6.45, 7) is 2.19. The Morgan fingerprint density at radius 3 is 2.45 bits per heavy atom. The lowest BCUT2D eigenvalue weighted by molar-refractivity contribution is -0.484. The molecule has 4 rings (SSSR count). The Hall–Kier alpha value is -4.49. The van der Waals surface area contributed by atoms with E-state index < -0.39 is 35.6 Å². The SMILES string of the molecule is Cc1c(-c2cccc(OC(C(=O)N(c3ccccc3)[N+](=O)[O-])C3CCNCC3)c2)sc(C(=O)O)c1OCC(=O)O. The van der Waals surface area contributed by atoms with Gasteiger partial charge in [-0.1, -0.05) is 30.3 Å². The number of aliphatic carboxylic acids is 1. The standard InChI is InChI=1S/C27H27N3O9S/c1-16-22(38-15-21(31)32)25(27(34)35)40-24(16)18-6-5-9-20(14-18)39-23(17-10-12-28-13-11-17)26(33)29(30(36)37)19-7-3-2-4-8-19/h2-9,14,17,23,28H,10-13,15H2,1H3,(H,31,32)(H,34,35). The molecular weight excluding hydrogens is 542 g/mol. The quantitative estimate of drug-likeness (QED) is 0.228. The highest BCUT2D eigenvalue weighted by molar-refractivity contribution is 7.18. The average molecular weight is 570 g/mol. The number of benzene rings is 2. The summed E-state index contributed by atoms with van der Waals surface area (Å²) in [6.07, 6.45) is -0.00386. The number of rotatable bonds is 11. The summed E-state index contributed by atoms with van der Waals surface area (Å²) in [5.41, 5.74) is 1.10. The largest absolute Gasteiger partial charge is 0.480 e. The fourth-order valence-electron chi connectivity index (χ4n) is 4.57. The van der Waals surface area contributed by atoms with Crippen LogP contribution in [0.15, 0.2) is 54.6 Å². The maximum Gasteiger partial charge on any atom is 0.349 e. The van der Waals surface area contributed by atoms with Gasteiger partial charge in [-0.2, -0.15) is 0 Å². The van der Waals surface area contributed by atoms with Crippen LogP contribution >= 0.6 is 11.3 Å². The molecule has 1 aromatic heterocycles. The number of hydrogen-bond donors (Lipinski definition) is 3. The number of nitrogens with zero attached hydrogens (tertiary/aromatic N) is 2. The Bertz CT molecular complexity index is 1400. The Morgan fingerprint density at radius 2 is 1.82 bits per heavy atom. The first-order chi connectivity index (χ1) is 19.2. The van der Waals surface area contributed by atoms with Gasteiger partial charge in [-0.3, -0.25) is 4.79 Å². The number of nitrogens with one attached hydrogen (secondary N) is 1. The van der Waals surface area contributed by atoms with Crippen molar-refractivity contribution in [2.45, 2.75) is 25.9 Å². The summed E-state index contributed by atoms with van der Waals surface area (Å²) in [6, 6.07) is 14.5. The molecule has 1 aliphatic heterocycles. The summed E-state index contributed by atoms with van der Waals surface area (Å²) in [5, 5.41) is 33.6. The lowest BCUT2D eigenvalue weighted by Gasteiger charge is -2.31. The molecule has 210 valence electrons. The molecule has 0 aliphatic carbocycles. The molecule has 2 heterocycles. The Labute approximate surface area is 232 Å². The second kappa shape index (κ2) is 12.6. The van der Waals surface area contributed by atoms with Gasteiger partial charge < -0.3 is 25.0 Å². The molecule has 13 heteroatoms. The van der Waals surface area contributed by atoms with Crippen molar-refractivity contribution in [2.24, 2.45) is 5.92 Å². The van der Waals surface area contributed by atoms with Gasteiger partial charge in [0, 0.05) is 16.4 Å². The van der Waals surface area contributed by atoms with Crippen molar-refractivity contribution >= 4 is 34.9 Å². The van der Waals surface area contributed by atoms with Gasteiger partial charge in [-0.15, -0.1) is 11.3 Å². The van der Waals surface area contributed by atoms with E-state index in [4.69, 9.17) is 14.6 Å². The first-order valence-electron chi connectivity index (χ1n) is 12.4. The second-order valence-electron chi connectivity index (χ2n) is 9.08. The molecule has 2 aromatic carbocycles. The van der Waals surface area contributed by atoms with Gasteiger partial charge in [-0.25, -0.2) is 19.7 Å². The molecule has 0 spiro atoms. The molecule has 12 nitrogen and oxygen atoms in total. The van der Waals surface area contributed by atoms with E-state index in [1.54, 1.807) is 49.4 Å². The number of anilines is 1. The van der Waals surface area contributed by atoms with Crippen molar-refractivity contribution in [1.29, 1.82) is 0 Å². The Balaban J connectivity index is 1.69. The van der Waals surface area contributed by atoms with Crippen LogP contribution in [0.4, 0.5) is 5.69 Å². The number of ether oxygens (including phenoxy) is 2. The number of para-hydroxylation sites is 1. The van der Waals surface area contributed by atoms with E-state index in [9.17, 15) is 29.6 Å². The zero-order valence-corrected chi connectivity index (χ0v) is 22.3. The molecular formula is C27H27N3O9S. The molecule has 1 saturated heterocycles. The van der Waals surface area contributed by atoms with Gasteiger partial charge in [0.15, 0.2) is 22.6 Å². The van der Waals surface area contributed by atoms with Crippen LogP contribution < -0.4 is 19.8 Å². The molecule has 0 radical (unpaired) electrons. The minimum Gasteiger partial charge on any atom is -0.480 e. The minimum absolute atomic E-state index is 0.0338. The van der Waals surface area contributed by atoms with E-state index in [2.05, 4.69) is 5.32 Å². The molecule has 3 N–H and O–H groups in total. The summed E-state index contributed by atoms with van der Waals surface area (Å²) in [5.74, 6) is -3.37. The Morgan fingerprint density at radius 1 is 1.12 bits per heavy atom. The van der Waals surface area contributed by atoms with Crippen LogP contribution in [0.5, 0.6) is 11.5 Å². The monoisotopic (exact) mass is 569 g/mol. The van der Waals surface area contributed by atoms with Crippen molar-refractivity contribution in [3.05, 3.63) is 75.2 Å². The van der Waals surface area contributed by atoms with Crippen LogP contribution in [-0.4, -0.2) is 58.9 Å². The first-order valence-corrected chi connectivity index (χ1v) is 13.2. The van der Waals surface area contributed by atoms with Crippen molar-refractivity contribution in [2.75, 3.05) is 24.7 Å². The predicted octanol–water partition coefficient (Wildman–Crippen LogP) is 3.86. The maximum absolute atomic E-state index is 13.7. The smallest absolute Gasteiger partial charge is 0.349 e. The number of hydrogen-bond acceptors (Lipinski definition) is 9. The highest BCUT2D eigenvalue weighted by Gasteiger charge is 2.40. The van der Waals surface area contributed by atoms with Gasteiger partial charge in [0.1, 0.15) is 17.2 Å². The number of carbonyl (C=O) groups is 3. The van der Waals surface area contributed by atoms with Gasteiger partial charge in [-0.05, 0) is 67.7 Å². The van der Waals surface area contributed by atoms with Crippen molar-refractivity contribution in [1.82, 2.24) is 5.32 Å². The molecule has 1 atom stereocenters. The lowest BCUT2D eigenvalue weighted by atomic mass is 9.91. The highest BCUT2D eigenvalue weighted by Crippen LogP contribution is 2.42. The fourth-order valence-corrected chi connectivity index (χ4v) is 5.65. The molecule has 40 heavy (non-hydrogen) atoms. The topological polar surface area (TPSA) is 169 Å². The first kappa shape index (κ1) is 28.5. The van der Waals surface area contributed by atoms with Crippen LogP contribution in [0.3, 0.4) is 0 Å². The van der Waals surface area contributed by atoms with Crippen LogP contribution in [0.2, 0.25) is 0 Å². The van der Waals surface area contributed by atoms with E-state index >= 15 is 0 Å². The third-order valence-corrected chi connectivity index (χ3v) is 7.72. The van der Waals surface area contributed by atoms with Crippen LogP contribution in [0.25, 0.3) is 10.4 Å². The molecule has 1 amide bonds. The number of aromatic carboxylic acids is 1. The van der Waals surface area contributed by atoms with E-state index in [0.29, 0.717) is 46.9 Å². The number of carbonyl (C=O) groups excluding carboxylic acids is 1. The molecule has 0 saturated carbocycles. The van der Waals surface area contributed by atoms with E-state index in [1.807, 2.05) is 0 Å². The number of carboxylic acids is 2. The average Bonchev–Trinajstić information content (AvgIpc) is 3.28. The fraction of sp³-hybridized carbons (Fsp3) is 0.296. The number of hydrazine groups is 1. The number of carboxylic acid groups (broad SMARTS) is 2. The summed E-state index contributed by atoms with van der Waals surface area (Å²) >= 11 is 0.921. The summed E-state index contributed by atoms with van der Waals surface area (Å²) in [4.78, 5) is 48.8. The van der Waals surface area contributed by atoms with Crippen molar-refractivity contribution < 1.29 is 39.1 Å². The molecule has 1 fully saturated rings. The third kappa shape index (κ3) is 6.38. The van der Waals surface area contributed by atoms with Crippen LogP contribution in [0, 0.1) is 23.0 Å². The van der Waals surface area contributed by atoms with E-state index in [0.717, 1.165) is 11.3 Å². The van der Waals surface area contributed by atoms with Crippen molar-refractivity contribution in [3.63, 3.8) is 0 Å². The summed E-state index contributed by atoms with van der Waals surface area (Å²) < 4.78 is 11.5. The maximum atomic E-state index is 13.7. The lowest BCUT2D eigenvalue weighted by Crippen LogP contribution is -2.50. The zero-order valence-electron chi connectivity index (χ0n) is 21.4. The number of nitro groups is 1. The van der Waals surface area contributed by atoms with Gasteiger partial charge in [0.25, 0.3) is 0 Å². The zero-order chi connectivity index (χ0) is 28.8. The molecule has 1 unspecified atom stereocenters. The van der Waals surface area contributed by atoms with Gasteiger partial charge >= 0.3 is 17.8 Å². The molecule has 0 bridgehead atoms. The van der Waals surface area contributed by atoms with E-state index in [1.165, 1.54) is 12.1 Å². The number of piperidine rings is 1. The van der Waals surface area contributed by atoms with Gasteiger partial charge in [0.2, 0.25) is 0 Å². The molecule has 3 aromatic rings. The molecule has 1 aliphatic rings. The normalized spacial score (nSPS) is 14.2. The highest BCUT2D eigenvalue weighted by atomic mass is 32.1. The summed E-state index contributed by atoms with van der Waals surface area (Å²) in [7, 11) is 0. The van der Waals surface area contributed by atoms with E-state index in [-0.39, 0.29) is 28.0 Å². The van der Waals surface area contributed by atoms with Gasteiger partial charge in [0.05, 0.1) is 0 Å². The predicted molar refractivity (Wildman–Crippen MR) is 146 cm³/mol. The number of thiophene rings is 1. The van der Waals surface area contributed by atoms with Crippen LogP contribution in [-0.2, 0) is 9.59 Å². The second-order valence-corrected chi connectivity index (χ2v) is 10.1. The third-order valence-electron chi connectivity index (χ3n) is 6.41. The van der Waals surface area contributed by atoms with Crippen LogP contribution in [0.1, 0.15) is 28.1 Å². The minimum atomic E-state index is -1.26. The number of amides is 1. The van der Waals surface area contributed by atoms with Crippen molar-refractivity contribution in [3.8, 4) is 21.9 Å².